The standard InChI is InChI=1S/C9H10Br2O2/c10-9(11)8(6-12)13-7-4-2-1-3-5-7/h1-5,8-9,12H,6H2. The van der Waals surface area contributed by atoms with Crippen molar-refractivity contribution < 1.29 is 9.84 Å². The quantitative estimate of drug-likeness (QED) is 0.866. The average Bonchev–Trinajstić information content (AvgIpc) is 2.15. The Morgan fingerprint density at radius 2 is 1.85 bits per heavy atom. The second-order valence-corrected chi connectivity index (χ2v) is 5.69. The van der Waals surface area contributed by atoms with Crippen LogP contribution in [0.25, 0.3) is 0 Å². The van der Waals surface area contributed by atoms with Gasteiger partial charge in [-0.15, -0.1) is 0 Å². The van der Waals surface area contributed by atoms with Crippen LogP contribution in [0.1, 0.15) is 0 Å². The van der Waals surface area contributed by atoms with Crippen molar-refractivity contribution in [3.8, 4) is 5.75 Å². The maximum Gasteiger partial charge on any atom is 0.144 e. The van der Waals surface area contributed by atoms with Gasteiger partial charge in [0.2, 0.25) is 0 Å². The molecule has 0 bridgehead atoms. The summed E-state index contributed by atoms with van der Waals surface area (Å²) in [6.45, 7) is -0.0317. The molecular formula is C9H10Br2O2. The normalized spacial score (nSPS) is 12.9. The zero-order valence-electron chi connectivity index (χ0n) is 6.86. The zero-order valence-corrected chi connectivity index (χ0v) is 10.0. The van der Waals surface area contributed by atoms with Crippen LogP contribution in [0.2, 0.25) is 0 Å². The number of alkyl halides is 2. The van der Waals surface area contributed by atoms with Crippen molar-refractivity contribution in [3.05, 3.63) is 30.3 Å². The first-order valence-electron chi connectivity index (χ1n) is 3.84. The highest BCUT2D eigenvalue weighted by atomic mass is 79.9. The largest absolute Gasteiger partial charge is 0.486 e. The molecule has 0 aromatic heterocycles. The third-order valence-electron chi connectivity index (χ3n) is 1.49. The monoisotopic (exact) mass is 308 g/mol. The van der Waals surface area contributed by atoms with Gasteiger partial charge in [-0.05, 0) is 12.1 Å². The van der Waals surface area contributed by atoms with Gasteiger partial charge in [-0.3, -0.25) is 0 Å². The Kier molecular flexibility index (Phi) is 4.77. The molecule has 0 saturated carbocycles. The number of ether oxygens (including phenoxy) is 1. The summed E-state index contributed by atoms with van der Waals surface area (Å²) in [5, 5.41) is 8.97. The first-order chi connectivity index (χ1) is 6.24. The minimum atomic E-state index is -0.276. The molecule has 72 valence electrons. The number of halogens is 2. The van der Waals surface area contributed by atoms with Crippen LogP contribution in [0.15, 0.2) is 30.3 Å². The Bertz CT molecular complexity index is 239. The molecule has 0 aliphatic heterocycles. The first kappa shape index (κ1) is 11.0. The van der Waals surface area contributed by atoms with Crippen LogP contribution >= 0.6 is 31.9 Å². The van der Waals surface area contributed by atoms with Gasteiger partial charge in [-0.2, -0.15) is 0 Å². The maximum absolute atomic E-state index is 8.97. The van der Waals surface area contributed by atoms with E-state index in [9.17, 15) is 0 Å². The van der Waals surface area contributed by atoms with Crippen LogP contribution in [0.3, 0.4) is 0 Å². The highest BCUT2D eigenvalue weighted by Gasteiger charge is 2.16. The van der Waals surface area contributed by atoms with E-state index in [1.807, 2.05) is 30.3 Å². The predicted octanol–water partition coefficient (Wildman–Crippen LogP) is 2.54. The lowest BCUT2D eigenvalue weighted by Crippen LogP contribution is -2.27. The third-order valence-corrected chi connectivity index (χ3v) is 2.67. The van der Waals surface area contributed by atoms with Crippen LogP contribution in [-0.2, 0) is 0 Å². The lowest BCUT2D eigenvalue weighted by atomic mass is 10.3. The van der Waals surface area contributed by atoms with Gasteiger partial charge in [-0.25, -0.2) is 0 Å². The Balaban J connectivity index is 2.57. The summed E-state index contributed by atoms with van der Waals surface area (Å²) in [7, 11) is 0. The van der Waals surface area contributed by atoms with Gasteiger partial charge in [-0.1, -0.05) is 50.1 Å². The first-order valence-corrected chi connectivity index (χ1v) is 5.68. The maximum atomic E-state index is 8.97. The van der Waals surface area contributed by atoms with E-state index in [0.29, 0.717) is 0 Å². The molecule has 2 nitrogen and oxygen atoms in total. The molecule has 0 radical (unpaired) electrons. The summed E-state index contributed by atoms with van der Waals surface area (Å²) < 4.78 is 5.43. The third kappa shape index (κ3) is 3.67. The smallest absolute Gasteiger partial charge is 0.144 e. The van der Waals surface area contributed by atoms with Crippen molar-refractivity contribution in [2.45, 2.75) is 9.84 Å². The molecule has 0 saturated heterocycles. The highest BCUT2D eigenvalue weighted by Crippen LogP contribution is 2.19. The topological polar surface area (TPSA) is 29.5 Å². The number of benzene rings is 1. The Morgan fingerprint density at radius 3 is 2.31 bits per heavy atom. The molecule has 0 aliphatic carbocycles. The summed E-state index contributed by atoms with van der Waals surface area (Å²) in [5.74, 6) is 0.755. The summed E-state index contributed by atoms with van der Waals surface area (Å²) in [6.07, 6.45) is -0.276. The van der Waals surface area contributed by atoms with Crippen molar-refractivity contribution >= 4 is 31.9 Å². The van der Waals surface area contributed by atoms with Gasteiger partial charge in [0.15, 0.2) is 0 Å². The van der Waals surface area contributed by atoms with E-state index in [0.717, 1.165) is 5.75 Å². The second kappa shape index (κ2) is 5.62. The molecule has 0 fully saturated rings. The van der Waals surface area contributed by atoms with Gasteiger partial charge >= 0.3 is 0 Å². The molecule has 0 spiro atoms. The number of rotatable bonds is 4. The molecule has 13 heavy (non-hydrogen) atoms. The Labute approximate surface area is 94.2 Å². The van der Waals surface area contributed by atoms with Crippen molar-refractivity contribution in [1.82, 2.24) is 0 Å². The number of aliphatic hydroxyl groups excluding tert-OH is 1. The number of aliphatic hydroxyl groups is 1. The lowest BCUT2D eigenvalue weighted by molar-refractivity contribution is 0.130. The molecule has 1 rings (SSSR count). The van der Waals surface area contributed by atoms with E-state index in [1.54, 1.807) is 0 Å². The highest BCUT2D eigenvalue weighted by molar-refractivity contribution is 9.24. The fourth-order valence-electron chi connectivity index (χ4n) is 0.842. The lowest BCUT2D eigenvalue weighted by Gasteiger charge is -2.17. The van der Waals surface area contributed by atoms with Gasteiger partial charge in [0.1, 0.15) is 15.6 Å². The average molecular weight is 310 g/mol. The molecule has 1 aromatic carbocycles. The van der Waals surface area contributed by atoms with Crippen molar-refractivity contribution in [1.29, 1.82) is 0 Å². The summed E-state index contributed by atoms with van der Waals surface area (Å²) in [4.78, 5) is 0. The van der Waals surface area contributed by atoms with E-state index in [4.69, 9.17) is 9.84 Å². The van der Waals surface area contributed by atoms with E-state index >= 15 is 0 Å². The minimum Gasteiger partial charge on any atom is -0.486 e. The molecule has 1 unspecified atom stereocenters. The van der Waals surface area contributed by atoms with Crippen molar-refractivity contribution in [2.24, 2.45) is 0 Å². The van der Waals surface area contributed by atoms with E-state index in [2.05, 4.69) is 31.9 Å². The number of hydrogen-bond acceptors (Lipinski definition) is 2. The van der Waals surface area contributed by atoms with Gasteiger partial charge in [0.05, 0.1) is 6.61 Å². The molecule has 0 aliphatic rings. The Morgan fingerprint density at radius 1 is 1.23 bits per heavy atom. The fourth-order valence-corrected chi connectivity index (χ4v) is 1.39. The van der Waals surface area contributed by atoms with Crippen LogP contribution in [-0.4, -0.2) is 21.6 Å². The van der Waals surface area contributed by atoms with Crippen LogP contribution in [0.5, 0.6) is 5.75 Å². The molecule has 4 heteroatoms. The van der Waals surface area contributed by atoms with Gasteiger partial charge in [0, 0.05) is 0 Å². The summed E-state index contributed by atoms with van der Waals surface area (Å²) >= 11 is 6.58. The van der Waals surface area contributed by atoms with E-state index < -0.39 is 0 Å². The van der Waals surface area contributed by atoms with E-state index in [-0.39, 0.29) is 16.4 Å². The van der Waals surface area contributed by atoms with E-state index in [1.165, 1.54) is 0 Å². The second-order valence-electron chi connectivity index (χ2n) is 2.49. The van der Waals surface area contributed by atoms with Gasteiger partial charge in [0.25, 0.3) is 0 Å². The molecular weight excluding hydrogens is 300 g/mol. The number of hydrogen-bond donors (Lipinski definition) is 1. The fraction of sp³-hybridized carbons (Fsp3) is 0.333. The molecule has 1 aromatic rings. The minimum absolute atomic E-state index is 0.0317. The molecule has 0 heterocycles. The predicted molar refractivity (Wildman–Crippen MR) is 59.6 cm³/mol. The molecule has 1 atom stereocenters. The summed E-state index contributed by atoms with van der Waals surface area (Å²) in [6, 6.07) is 9.40. The van der Waals surface area contributed by atoms with Crippen molar-refractivity contribution in [2.75, 3.05) is 6.61 Å². The van der Waals surface area contributed by atoms with Crippen LogP contribution in [0, 0.1) is 0 Å². The molecule has 1 N–H and O–H groups in total. The van der Waals surface area contributed by atoms with Gasteiger partial charge < -0.3 is 9.84 Å². The Hall–Kier alpha value is -0.0600. The van der Waals surface area contributed by atoms with Crippen molar-refractivity contribution in [3.63, 3.8) is 0 Å². The van der Waals surface area contributed by atoms with Crippen LogP contribution in [0.4, 0.5) is 0 Å². The number of para-hydroxylation sites is 1. The molecule has 0 amide bonds. The van der Waals surface area contributed by atoms with Crippen LogP contribution < -0.4 is 4.74 Å². The SMILES string of the molecule is OCC(Oc1ccccc1)C(Br)Br. The zero-order chi connectivity index (χ0) is 9.68. The summed E-state index contributed by atoms with van der Waals surface area (Å²) in [5.41, 5.74) is 0.